The molecule has 0 atom stereocenters. The number of amides is 2. The first-order valence-electron chi connectivity index (χ1n) is 8.62. The molecular formula is C21H18BrFN2O3. The van der Waals surface area contributed by atoms with Crippen molar-refractivity contribution < 1.29 is 18.4 Å². The van der Waals surface area contributed by atoms with E-state index in [2.05, 4.69) is 26.6 Å². The monoisotopic (exact) mass is 444 g/mol. The summed E-state index contributed by atoms with van der Waals surface area (Å²) in [6, 6.07) is 14.6. The fraction of sp³-hybridized carbons (Fsp3) is 0.143. The fourth-order valence-electron chi connectivity index (χ4n) is 2.55. The Morgan fingerprint density at radius 1 is 1.07 bits per heavy atom. The highest BCUT2D eigenvalue weighted by Gasteiger charge is 2.13. The van der Waals surface area contributed by atoms with Crippen LogP contribution in [-0.4, -0.2) is 18.4 Å². The van der Waals surface area contributed by atoms with Gasteiger partial charge in [0.25, 0.3) is 5.91 Å². The minimum absolute atomic E-state index is 0.127. The van der Waals surface area contributed by atoms with E-state index in [4.69, 9.17) is 4.42 Å². The van der Waals surface area contributed by atoms with Gasteiger partial charge in [0.2, 0.25) is 5.91 Å². The first-order valence-corrected chi connectivity index (χ1v) is 9.41. The number of halogens is 2. The van der Waals surface area contributed by atoms with Crippen LogP contribution < -0.4 is 10.6 Å². The summed E-state index contributed by atoms with van der Waals surface area (Å²) in [6.07, 6.45) is 0.128. The number of hydrogen-bond acceptors (Lipinski definition) is 3. The van der Waals surface area contributed by atoms with Crippen molar-refractivity contribution in [3.05, 3.63) is 76.2 Å². The number of hydrogen-bond donors (Lipinski definition) is 2. The van der Waals surface area contributed by atoms with Crippen molar-refractivity contribution in [2.75, 3.05) is 11.9 Å². The quantitative estimate of drug-likeness (QED) is 0.566. The van der Waals surface area contributed by atoms with Crippen molar-refractivity contribution in [1.29, 1.82) is 0 Å². The van der Waals surface area contributed by atoms with Crippen LogP contribution in [-0.2, 0) is 4.79 Å². The molecule has 2 N–H and O–H groups in total. The molecule has 0 spiro atoms. The zero-order chi connectivity index (χ0) is 20.1. The largest absolute Gasteiger partial charge is 0.451 e. The molecule has 3 rings (SSSR count). The predicted molar refractivity (Wildman–Crippen MR) is 109 cm³/mol. The molecule has 0 radical (unpaired) electrons. The highest BCUT2D eigenvalue weighted by Crippen LogP contribution is 2.23. The summed E-state index contributed by atoms with van der Waals surface area (Å²) in [4.78, 5) is 24.3. The van der Waals surface area contributed by atoms with Crippen LogP contribution in [0.3, 0.4) is 0 Å². The van der Waals surface area contributed by atoms with Gasteiger partial charge in [0.1, 0.15) is 11.6 Å². The van der Waals surface area contributed by atoms with Crippen LogP contribution in [0.15, 0.2) is 63.5 Å². The summed E-state index contributed by atoms with van der Waals surface area (Å²) >= 11 is 3.37. The Morgan fingerprint density at radius 3 is 2.57 bits per heavy atom. The lowest BCUT2D eigenvalue weighted by molar-refractivity contribution is -0.116. The number of aryl methyl sites for hydroxylation is 1. The molecule has 0 aliphatic carbocycles. The third-order valence-corrected chi connectivity index (χ3v) is 4.56. The summed E-state index contributed by atoms with van der Waals surface area (Å²) in [6.45, 7) is 2.07. The molecule has 0 unspecified atom stereocenters. The van der Waals surface area contributed by atoms with Crippen LogP contribution in [0.4, 0.5) is 10.1 Å². The van der Waals surface area contributed by atoms with Crippen molar-refractivity contribution in [2.45, 2.75) is 13.3 Å². The molecule has 2 amide bonds. The summed E-state index contributed by atoms with van der Waals surface area (Å²) < 4.78 is 19.4. The second kappa shape index (κ2) is 8.84. The van der Waals surface area contributed by atoms with Gasteiger partial charge in [-0.3, -0.25) is 9.59 Å². The van der Waals surface area contributed by atoms with Crippen LogP contribution >= 0.6 is 15.9 Å². The molecule has 0 saturated heterocycles. The highest BCUT2D eigenvalue weighted by atomic mass is 79.9. The third-order valence-electron chi connectivity index (χ3n) is 4.07. The van der Waals surface area contributed by atoms with Crippen LogP contribution in [0, 0.1) is 12.7 Å². The number of anilines is 1. The molecule has 1 aromatic heterocycles. The van der Waals surface area contributed by atoms with E-state index < -0.39 is 5.91 Å². The second-order valence-electron chi connectivity index (χ2n) is 6.18. The summed E-state index contributed by atoms with van der Waals surface area (Å²) in [5.74, 6) is -0.368. The summed E-state index contributed by atoms with van der Waals surface area (Å²) in [5, 5.41) is 5.47. The lowest BCUT2D eigenvalue weighted by Crippen LogP contribution is -2.27. The maximum absolute atomic E-state index is 13.0. The van der Waals surface area contributed by atoms with E-state index in [1.165, 1.54) is 12.1 Å². The topological polar surface area (TPSA) is 71.3 Å². The van der Waals surface area contributed by atoms with Gasteiger partial charge in [-0.05, 0) is 61.0 Å². The summed E-state index contributed by atoms with van der Waals surface area (Å²) in [5.41, 5.74) is 2.34. The standard InChI is InChI=1S/C21H18BrFN2O3/c1-13-2-5-15(22)12-17(13)25-20(26)10-11-24-21(27)19-9-8-18(28-19)14-3-6-16(23)7-4-14/h2-9,12H,10-11H2,1H3,(H,24,27)(H,25,26). The maximum Gasteiger partial charge on any atom is 0.287 e. The predicted octanol–water partition coefficient (Wildman–Crippen LogP) is 4.92. The van der Waals surface area contributed by atoms with Gasteiger partial charge in [0.05, 0.1) is 0 Å². The van der Waals surface area contributed by atoms with Gasteiger partial charge in [0, 0.05) is 28.7 Å². The molecule has 5 nitrogen and oxygen atoms in total. The Kier molecular flexibility index (Phi) is 6.26. The van der Waals surface area contributed by atoms with Gasteiger partial charge < -0.3 is 15.1 Å². The van der Waals surface area contributed by atoms with E-state index in [9.17, 15) is 14.0 Å². The lowest BCUT2D eigenvalue weighted by atomic mass is 10.2. The van der Waals surface area contributed by atoms with Gasteiger partial charge >= 0.3 is 0 Å². The van der Waals surface area contributed by atoms with E-state index in [1.54, 1.807) is 24.3 Å². The number of benzene rings is 2. The maximum atomic E-state index is 13.0. The molecule has 3 aromatic rings. The Hall–Kier alpha value is -2.93. The average molecular weight is 445 g/mol. The van der Waals surface area contributed by atoms with Crippen molar-refractivity contribution in [3.8, 4) is 11.3 Å². The molecule has 1 heterocycles. The van der Waals surface area contributed by atoms with Gasteiger partial charge in [-0.15, -0.1) is 0 Å². The highest BCUT2D eigenvalue weighted by molar-refractivity contribution is 9.10. The number of carbonyl (C=O) groups is 2. The van der Waals surface area contributed by atoms with Gasteiger partial charge in [-0.1, -0.05) is 22.0 Å². The molecule has 0 aliphatic rings. The molecule has 0 fully saturated rings. The van der Waals surface area contributed by atoms with Crippen molar-refractivity contribution in [1.82, 2.24) is 5.32 Å². The van der Waals surface area contributed by atoms with E-state index in [0.29, 0.717) is 11.3 Å². The number of carbonyl (C=O) groups excluding carboxylic acids is 2. The lowest BCUT2D eigenvalue weighted by Gasteiger charge is -2.09. The van der Waals surface area contributed by atoms with Crippen LogP contribution in [0.25, 0.3) is 11.3 Å². The fourth-order valence-corrected chi connectivity index (χ4v) is 2.91. The molecule has 28 heavy (non-hydrogen) atoms. The summed E-state index contributed by atoms with van der Waals surface area (Å²) in [7, 11) is 0. The Bertz CT molecular complexity index is 999. The van der Waals surface area contributed by atoms with E-state index in [-0.39, 0.29) is 30.5 Å². The first kappa shape index (κ1) is 19.8. The second-order valence-corrected chi connectivity index (χ2v) is 7.10. The molecule has 7 heteroatoms. The van der Waals surface area contributed by atoms with Gasteiger partial charge in [-0.25, -0.2) is 4.39 Å². The Balaban J connectivity index is 1.51. The Labute approximate surface area is 170 Å². The zero-order valence-electron chi connectivity index (χ0n) is 15.1. The molecule has 144 valence electrons. The van der Waals surface area contributed by atoms with Crippen LogP contribution in [0.2, 0.25) is 0 Å². The number of furan rings is 1. The van der Waals surface area contributed by atoms with Crippen molar-refractivity contribution >= 4 is 33.4 Å². The third kappa shape index (κ3) is 5.07. The Morgan fingerprint density at radius 2 is 1.82 bits per heavy atom. The van der Waals surface area contributed by atoms with E-state index >= 15 is 0 Å². The van der Waals surface area contributed by atoms with E-state index in [1.807, 2.05) is 25.1 Å². The van der Waals surface area contributed by atoms with Gasteiger partial charge in [-0.2, -0.15) is 0 Å². The number of nitrogens with one attached hydrogen (secondary N) is 2. The zero-order valence-corrected chi connectivity index (χ0v) is 16.7. The molecule has 0 bridgehead atoms. The molecule has 2 aromatic carbocycles. The number of rotatable bonds is 6. The molecule has 0 aliphatic heterocycles. The minimum atomic E-state index is -0.417. The minimum Gasteiger partial charge on any atom is -0.451 e. The van der Waals surface area contributed by atoms with E-state index in [0.717, 1.165) is 15.7 Å². The van der Waals surface area contributed by atoms with Gasteiger partial charge in [0.15, 0.2) is 5.76 Å². The van der Waals surface area contributed by atoms with Crippen LogP contribution in [0.5, 0.6) is 0 Å². The smallest absolute Gasteiger partial charge is 0.287 e. The molecule has 0 saturated carbocycles. The average Bonchev–Trinajstić information content (AvgIpc) is 3.15. The SMILES string of the molecule is Cc1ccc(Br)cc1NC(=O)CCNC(=O)c1ccc(-c2ccc(F)cc2)o1. The first-order chi connectivity index (χ1) is 13.4. The van der Waals surface area contributed by atoms with Crippen molar-refractivity contribution in [3.63, 3.8) is 0 Å². The molecular weight excluding hydrogens is 427 g/mol. The van der Waals surface area contributed by atoms with Crippen LogP contribution in [0.1, 0.15) is 22.5 Å². The van der Waals surface area contributed by atoms with Crippen molar-refractivity contribution in [2.24, 2.45) is 0 Å². The normalized spacial score (nSPS) is 10.5.